The standard InChI is InChI=1S/C9H8BrNS/c1-6-3-2-4-7-9(6)12-8(5-10)11-7/h2-4H,5H2,1H3. The highest BCUT2D eigenvalue weighted by atomic mass is 79.9. The Morgan fingerprint density at radius 2 is 2.33 bits per heavy atom. The van der Waals surface area contributed by atoms with Gasteiger partial charge in [0, 0.05) is 0 Å². The van der Waals surface area contributed by atoms with E-state index < -0.39 is 0 Å². The third-order valence-corrected chi connectivity index (χ3v) is 3.88. The van der Waals surface area contributed by atoms with Crippen LogP contribution in [0.1, 0.15) is 10.6 Å². The zero-order valence-electron chi connectivity index (χ0n) is 6.67. The van der Waals surface area contributed by atoms with Crippen LogP contribution in [0.15, 0.2) is 18.2 Å². The first-order chi connectivity index (χ1) is 5.81. The Kier molecular flexibility index (Phi) is 2.15. The van der Waals surface area contributed by atoms with Gasteiger partial charge in [0.2, 0.25) is 0 Å². The van der Waals surface area contributed by atoms with Gasteiger partial charge in [-0.3, -0.25) is 0 Å². The average molecular weight is 242 g/mol. The summed E-state index contributed by atoms with van der Waals surface area (Å²) < 4.78 is 1.31. The third kappa shape index (κ3) is 1.27. The summed E-state index contributed by atoms with van der Waals surface area (Å²) in [6.45, 7) is 2.12. The number of hydrogen-bond donors (Lipinski definition) is 0. The van der Waals surface area contributed by atoms with Gasteiger partial charge in [-0.25, -0.2) is 4.98 Å². The molecular formula is C9H8BrNS. The zero-order valence-corrected chi connectivity index (χ0v) is 9.08. The van der Waals surface area contributed by atoms with Crippen LogP contribution >= 0.6 is 27.3 Å². The molecule has 0 saturated carbocycles. The summed E-state index contributed by atoms with van der Waals surface area (Å²) >= 11 is 5.17. The first kappa shape index (κ1) is 8.20. The van der Waals surface area contributed by atoms with Gasteiger partial charge in [0.1, 0.15) is 5.01 Å². The van der Waals surface area contributed by atoms with Gasteiger partial charge in [-0.05, 0) is 18.6 Å². The lowest BCUT2D eigenvalue weighted by atomic mass is 10.2. The minimum Gasteiger partial charge on any atom is -0.240 e. The highest BCUT2D eigenvalue weighted by Crippen LogP contribution is 2.26. The smallest absolute Gasteiger partial charge is 0.104 e. The molecule has 2 aromatic rings. The molecule has 0 spiro atoms. The van der Waals surface area contributed by atoms with Crippen molar-refractivity contribution in [1.82, 2.24) is 4.98 Å². The predicted octanol–water partition coefficient (Wildman–Crippen LogP) is 3.50. The van der Waals surface area contributed by atoms with E-state index in [1.807, 2.05) is 0 Å². The first-order valence-electron chi connectivity index (χ1n) is 3.72. The van der Waals surface area contributed by atoms with Crippen molar-refractivity contribution >= 4 is 37.5 Å². The molecule has 2 rings (SSSR count). The van der Waals surface area contributed by atoms with Gasteiger partial charge < -0.3 is 0 Å². The molecule has 0 N–H and O–H groups in total. The second-order valence-electron chi connectivity index (χ2n) is 2.66. The van der Waals surface area contributed by atoms with Crippen LogP contribution in [0.4, 0.5) is 0 Å². The van der Waals surface area contributed by atoms with Crippen LogP contribution in [0.25, 0.3) is 10.2 Å². The molecule has 0 aliphatic carbocycles. The van der Waals surface area contributed by atoms with Crippen LogP contribution < -0.4 is 0 Å². The largest absolute Gasteiger partial charge is 0.240 e. The van der Waals surface area contributed by atoms with Gasteiger partial charge in [-0.2, -0.15) is 0 Å². The quantitative estimate of drug-likeness (QED) is 0.697. The maximum Gasteiger partial charge on any atom is 0.104 e. The SMILES string of the molecule is Cc1cccc2nc(CBr)sc12. The molecular weight excluding hydrogens is 234 g/mol. The van der Waals surface area contributed by atoms with Crippen molar-refractivity contribution < 1.29 is 0 Å². The van der Waals surface area contributed by atoms with Crippen molar-refractivity contribution in [2.24, 2.45) is 0 Å². The predicted molar refractivity (Wildman–Crippen MR) is 57.0 cm³/mol. The molecule has 0 unspecified atom stereocenters. The van der Waals surface area contributed by atoms with E-state index in [4.69, 9.17) is 0 Å². The van der Waals surface area contributed by atoms with E-state index in [1.54, 1.807) is 11.3 Å². The Morgan fingerprint density at radius 3 is 3.00 bits per heavy atom. The highest BCUT2D eigenvalue weighted by molar-refractivity contribution is 9.08. The molecule has 0 aliphatic heterocycles. The lowest BCUT2D eigenvalue weighted by Gasteiger charge is -1.90. The number of benzene rings is 1. The van der Waals surface area contributed by atoms with Crippen molar-refractivity contribution in [3.05, 3.63) is 28.8 Å². The summed E-state index contributed by atoms with van der Waals surface area (Å²) in [5.74, 6) is 0. The lowest BCUT2D eigenvalue weighted by molar-refractivity contribution is 1.32. The van der Waals surface area contributed by atoms with E-state index in [9.17, 15) is 0 Å². The number of nitrogens with zero attached hydrogens (tertiary/aromatic N) is 1. The zero-order chi connectivity index (χ0) is 8.55. The maximum absolute atomic E-state index is 4.46. The van der Waals surface area contributed by atoms with Crippen LogP contribution in [-0.4, -0.2) is 4.98 Å². The number of aryl methyl sites for hydroxylation is 1. The van der Waals surface area contributed by atoms with Crippen molar-refractivity contribution in [1.29, 1.82) is 0 Å². The third-order valence-electron chi connectivity index (χ3n) is 1.77. The lowest BCUT2D eigenvalue weighted by Crippen LogP contribution is -1.72. The molecule has 1 aromatic heterocycles. The fourth-order valence-corrected chi connectivity index (χ4v) is 2.54. The summed E-state index contributed by atoms with van der Waals surface area (Å²) in [6.07, 6.45) is 0. The monoisotopic (exact) mass is 241 g/mol. The molecule has 0 bridgehead atoms. The summed E-state index contributed by atoms with van der Waals surface area (Å²) in [5.41, 5.74) is 2.44. The molecule has 1 heterocycles. The topological polar surface area (TPSA) is 12.9 Å². The minimum absolute atomic E-state index is 0.853. The summed E-state index contributed by atoms with van der Waals surface area (Å²) in [7, 11) is 0. The molecule has 0 fully saturated rings. The normalized spacial score (nSPS) is 10.8. The number of aromatic nitrogens is 1. The van der Waals surface area contributed by atoms with Gasteiger partial charge >= 0.3 is 0 Å². The highest BCUT2D eigenvalue weighted by Gasteiger charge is 2.03. The molecule has 3 heteroatoms. The van der Waals surface area contributed by atoms with Crippen molar-refractivity contribution in [2.75, 3.05) is 0 Å². The molecule has 0 atom stereocenters. The van der Waals surface area contributed by atoms with Crippen molar-refractivity contribution in [3.63, 3.8) is 0 Å². The van der Waals surface area contributed by atoms with Gasteiger partial charge in [0.05, 0.1) is 15.5 Å². The van der Waals surface area contributed by atoms with Crippen molar-refractivity contribution in [2.45, 2.75) is 12.3 Å². The molecule has 0 saturated heterocycles. The Balaban J connectivity index is 2.74. The van der Waals surface area contributed by atoms with E-state index in [-0.39, 0.29) is 0 Å². The molecule has 0 aliphatic rings. The van der Waals surface area contributed by atoms with Gasteiger partial charge in [-0.1, -0.05) is 28.1 Å². The second kappa shape index (κ2) is 3.15. The number of thiazole rings is 1. The number of fused-ring (bicyclic) bond motifs is 1. The van der Waals surface area contributed by atoms with Gasteiger partial charge in [-0.15, -0.1) is 11.3 Å². The molecule has 0 radical (unpaired) electrons. The van der Waals surface area contributed by atoms with Crippen molar-refractivity contribution in [3.8, 4) is 0 Å². The number of rotatable bonds is 1. The molecule has 12 heavy (non-hydrogen) atoms. The van der Waals surface area contributed by atoms with Crippen LogP contribution in [-0.2, 0) is 5.33 Å². The minimum atomic E-state index is 0.853. The molecule has 62 valence electrons. The van der Waals surface area contributed by atoms with Gasteiger partial charge in [0.25, 0.3) is 0 Å². The molecule has 0 amide bonds. The number of hydrogen-bond acceptors (Lipinski definition) is 2. The Labute approximate surface area is 83.6 Å². The van der Waals surface area contributed by atoms with E-state index in [0.29, 0.717) is 0 Å². The Bertz CT molecular complexity index is 408. The van der Waals surface area contributed by atoms with Crippen LogP contribution in [0.5, 0.6) is 0 Å². The summed E-state index contributed by atoms with van der Waals surface area (Å²) in [4.78, 5) is 4.46. The van der Waals surface area contributed by atoms with E-state index in [1.165, 1.54) is 10.3 Å². The average Bonchev–Trinajstić information content (AvgIpc) is 2.49. The summed E-state index contributed by atoms with van der Waals surface area (Å²) in [6, 6.07) is 6.24. The maximum atomic E-state index is 4.46. The fourth-order valence-electron chi connectivity index (χ4n) is 1.19. The van der Waals surface area contributed by atoms with Crippen LogP contribution in [0, 0.1) is 6.92 Å². The van der Waals surface area contributed by atoms with Crippen LogP contribution in [0.2, 0.25) is 0 Å². The molecule has 1 nitrogen and oxygen atoms in total. The Morgan fingerprint density at radius 1 is 1.50 bits per heavy atom. The number of alkyl halides is 1. The summed E-state index contributed by atoms with van der Waals surface area (Å²) in [5, 5.41) is 2.01. The van der Waals surface area contributed by atoms with Gasteiger partial charge in [0.15, 0.2) is 0 Å². The number of halogens is 1. The van der Waals surface area contributed by atoms with E-state index in [0.717, 1.165) is 15.9 Å². The molecule has 1 aromatic carbocycles. The van der Waals surface area contributed by atoms with Crippen LogP contribution in [0.3, 0.4) is 0 Å². The first-order valence-corrected chi connectivity index (χ1v) is 5.66. The Hall–Kier alpha value is -0.410. The van der Waals surface area contributed by atoms with E-state index >= 15 is 0 Å². The fraction of sp³-hybridized carbons (Fsp3) is 0.222. The second-order valence-corrected chi connectivity index (χ2v) is 4.31. The van der Waals surface area contributed by atoms with E-state index in [2.05, 4.69) is 46.0 Å².